The van der Waals surface area contributed by atoms with Gasteiger partial charge in [0.2, 0.25) is 0 Å². The van der Waals surface area contributed by atoms with Crippen molar-refractivity contribution in [2.75, 3.05) is 6.54 Å². The van der Waals surface area contributed by atoms with Crippen molar-refractivity contribution >= 4 is 11.9 Å². The van der Waals surface area contributed by atoms with Crippen molar-refractivity contribution in [1.82, 2.24) is 4.90 Å². The third-order valence-electron chi connectivity index (χ3n) is 13.7. The molecule has 0 aromatic rings. The molecule has 3 N–H and O–H groups in total. The minimum absolute atomic E-state index is 0.332. The van der Waals surface area contributed by atoms with Gasteiger partial charge in [-0.15, -0.1) is 0 Å². The van der Waals surface area contributed by atoms with Crippen molar-refractivity contribution in [2.45, 2.75) is 334 Å². The number of carbonyl (C=O) groups is 2. The van der Waals surface area contributed by atoms with E-state index in [0.29, 0.717) is 24.9 Å². The van der Waals surface area contributed by atoms with Crippen LogP contribution in [0.3, 0.4) is 0 Å². The maximum atomic E-state index is 11.9. The molecule has 0 saturated heterocycles. The summed E-state index contributed by atoms with van der Waals surface area (Å²) in [6, 6.07) is 1.16. The number of carboxylic acids is 2. The Balaban J connectivity index is 3.98. The molecule has 0 aliphatic carbocycles. The zero-order valence-corrected chi connectivity index (χ0v) is 41.8. The van der Waals surface area contributed by atoms with Gasteiger partial charge in [0.15, 0.2) is 0 Å². The zero-order chi connectivity index (χ0) is 44.9. The molecule has 0 atom stereocenters. The van der Waals surface area contributed by atoms with E-state index < -0.39 is 17.5 Å². The Labute approximate surface area is 381 Å². The highest BCUT2D eigenvalue weighted by Crippen LogP contribution is 2.29. The van der Waals surface area contributed by atoms with Crippen LogP contribution in [0.5, 0.6) is 0 Å². The van der Waals surface area contributed by atoms with Crippen LogP contribution in [0, 0.1) is 0 Å². The highest BCUT2D eigenvalue weighted by atomic mass is 16.4. The summed E-state index contributed by atoms with van der Waals surface area (Å²) in [7, 11) is 0. The summed E-state index contributed by atoms with van der Waals surface area (Å²) in [6.07, 6.45) is 55.4. The Morgan fingerprint density at radius 3 is 0.705 bits per heavy atom. The topological polar surface area (TPSA) is 98.1 Å². The molecule has 0 rings (SSSR count). The van der Waals surface area contributed by atoms with Crippen LogP contribution in [0.25, 0.3) is 0 Å². The second kappa shape index (κ2) is 45.4. The van der Waals surface area contributed by atoms with Crippen LogP contribution in [0.15, 0.2) is 0 Å². The third-order valence-corrected chi connectivity index (χ3v) is 13.7. The molecule has 6 heteroatoms. The molecule has 0 amide bonds. The van der Waals surface area contributed by atoms with E-state index in [9.17, 15) is 14.7 Å². The van der Waals surface area contributed by atoms with Crippen LogP contribution in [0.4, 0.5) is 0 Å². The molecule has 0 saturated carbocycles. The molecule has 364 valence electrons. The molecule has 0 bridgehead atoms. The first-order valence-electron chi connectivity index (χ1n) is 27.5. The van der Waals surface area contributed by atoms with Crippen LogP contribution in [-0.4, -0.2) is 56.4 Å². The molecule has 0 aromatic heterocycles. The van der Waals surface area contributed by atoms with Crippen molar-refractivity contribution in [3.8, 4) is 0 Å². The molecule has 0 spiro atoms. The van der Waals surface area contributed by atoms with E-state index in [2.05, 4.69) is 32.6 Å². The summed E-state index contributed by atoms with van der Waals surface area (Å²) >= 11 is 0. The number of hydrogen-bond donors (Lipinski definition) is 3. The van der Waals surface area contributed by atoms with Gasteiger partial charge in [-0.25, -0.2) is 0 Å². The largest absolute Gasteiger partial charge is 0.481 e. The van der Waals surface area contributed by atoms with E-state index in [1.807, 2.05) is 0 Å². The monoisotopic (exact) mass is 864 g/mol. The number of unbranched alkanes of at least 4 members (excludes halogenated alkanes) is 37. The van der Waals surface area contributed by atoms with Crippen LogP contribution >= 0.6 is 0 Å². The molecule has 61 heavy (non-hydrogen) atoms. The van der Waals surface area contributed by atoms with Crippen molar-refractivity contribution in [3.63, 3.8) is 0 Å². The third kappa shape index (κ3) is 45.2. The first-order chi connectivity index (χ1) is 29.6. The Morgan fingerprint density at radius 1 is 0.328 bits per heavy atom. The maximum Gasteiger partial charge on any atom is 0.303 e. The molecular weight excluding hydrogens is 755 g/mol. The fourth-order valence-corrected chi connectivity index (χ4v) is 9.71. The molecular formula is C55H109NO5. The van der Waals surface area contributed by atoms with Gasteiger partial charge >= 0.3 is 11.9 Å². The molecule has 0 fully saturated rings. The minimum atomic E-state index is -0.658. The molecule has 6 nitrogen and oxygen atoms in total. The van der Waals surface area contributed by atoms with E-state index in [-0.39, 0.29) is 0 Å². The van der Waals surface area contributed by atoms with Gasteiger partial charge in [0, 0.05) is 24.9 Å². The van der Waals surface area contributed by atoms with Gasteiger partial charge in [0.05, 0.1) is 5.60 Å². The molecule has 0 aromatic carbocycles. The van der Waals surface area contributed by atoms with E-state index in [4.69, 9.17) is 10.2 Å². The molecule has 0 unspecified atom stereocenters. The lowest BCUT2D eigenvalue weighted by molar-refractivity contribution is -0.138. The average Bonchev–Trinajstić information content (AvgIpc) is 3.21. The molecule has 0 heterocycles. The van der Waals surface area contributed by atoms with E-state index in [1.165, 1.54) is 225 Å². The van der Waals surface area contributed by atoms with Crippen molar-refractivity contribution in [2.24, 2.45) is 0 Å². The summed E-state index contributed by atoms with van der Waals surface area (Å²) in [5, 5.41) is 29.3. The van der Waals surface area contributed by atoms with Gasteiger partial charge in [0.1, 0.15) is 0 Å². The molecule has 0 aliphatic rings. The lowest BCUT2D eigenvalue weighted by Crippen LogP contribution is -2.38. The van der Waals surface area contributed by atoms with Crippen molar-refractivity contribution in [3.05, 3.63) is 0 Å². The fourth-order valence-electron chi connectivity index (χ4n) is 9.71. The number of aliphatic hydroxyl groups is 1. The number of rotatable bonds is 51. The summed E-state index contributed by atoms with van der Waals surface area (Å²) in [4.78, 5) is 23.7. The van der Waals surface area contributed by atoms with Crippen LogP contribution < -0.4 is 0 Å². The zero-order valence-electron chi connectivity index (χ0n) is 41.8. The average molecular weight is 864 g/mol. The highest BCUT2D eigenvalue weighted by molar-refractivity contribution is 5.66. The van der Waals surface area contributed by atoms with Gasteiger partial charge < -0.3 is 15.3 Å². The number of hydrogen-bond acceptors (Lipinski definition) is 4. The number of nitrogens with zero attached hydrogens (tertiary/aromatic N) is 1. The summed E-state index contributed by atoms with van der Waals surface area (Å²) in [5.41, 5.74) is -0.463. The van der Waals surface area contributed by atoms with Gasteiger partial charge in [-0.05, 0) is 79.2 Å². The first-order valence-corrected chi connectivity index (χ1v) is 27.5. The first kappa shape index (κ1) is 59.9. The van der Waals surface area contributed by atoms with E-state index >= 15 is 0 Å². The Hall–Kier alpha value is -1.14. The Morgan fingerprint density at radius 2 is 0.508 bits per heavy atom. The predicted octanol–water partition coefficient (Wildman–Crippen LogP) is 17.6. The predicted molar refractivity (Wildman–Crippen MR) is 265 cm³/mol. The highest BCUT2D eigenvalue weighted by Gasteiger charge is 2.25. The number of carboxylic acid groups (broad SMARTS) is 2. The van der Waals surface area contributed by atoms with Crippen LogP contribution in [-0.2, 0) is 9.59 Å². The number of aliphatic carboxylic acids is 2. The van der Waals surface area contributed by atoms with Gasteiger partial charge in [-0.3, -0.25) is 14.5 Å². The normalized spacial score (nSPS) is 12.1. The van der Waals surface area contributed by atoms with E-state index in [0.717, 1.165) is 57.9 Å². The van der Waals surface area contributed by atoms with Gasteiger partial charge in [-0.2, -0.15) is 0 Å². The fraction of sp³-hybridized carbons (Fsp3) is 0.964. The summed E-state index contributed by atoms with van der Waals surface area (Å²) < 4.78 is 0. The van der Waals surface area contributed by atoms with Crippen molar-refractivity contribution in [1.29, 1.82) is 0 Å². The van der Waals surface area contributed by atoms with Gasteiger partial charge in [0.25, 0.3) is 0 Å². The lowest BCUT2D eigenvalue weighted by Gasteiger charge is -2.32. The van der Waals surface area contributed by atoms with Crippen LogP contribution in [0.2, 0.25) is 0 Å². The van der Waals surface area contributed by atoms with E-state index in [1.54, 1.807) is 0 Å². The SMILES string of the molecule is CC(C)N(CCCCC(O)(CCCCCCCCCCCCCCCCCCCCCC(=O)O)CCCCCCCCCCCCCCCCCCCCCC(=O)O)C(C)C. The minimum Gasteiger partial charge on any atom is -0.481 e. The smallest absolute Gasteiger partial charge is 0.303 e. The second-order valence-electron chi connectivity index (χ2n) is 20.3. The van der Waals surface area contributed by atoms with Crippen LogP contribution in [0.1, 0.15) is 317 Å². The van der Waals surface area contributed by atoms with Gasteiger partial charge in [-0.1, -0.05) is 231 Å². The standard InChI is InChI=1S/C55H109NO5/c1-51(2)56(52(3)4)50-44-43-49-55(61,47-41-37-33-29-25-21-17-13-9-5-7-11-15-19-23-27-31-35-39-45-53(57)58)48-42-38-34-30-26-22-18-14-10-6-8-12-16-20-24-28-32-36-40-46-54(59)60/h51-52,61H,5-50H2,1-4H3,(H,57,58)(H,59,60). The molecule has 0 aliphatic heterocycles. The van der Waals surface area contributed by atoms with Crippen molar-refractivity contribution < 1.29 is 24.9 Å². The summed E-state index contributed by atoms with van der Waals surface area (Å²) in [6.45, 7) is 10.4. The maximum absolute atomic E-state index is 11.9. The Bertz CT molecular complexity index is 858. The summed E-state index contributed by atoms with van der Waals surface area (Å²) in [5.74, 6) is -1.32. The second-order valence-corrected chi connectivity index (χ2v) is 20.3. The lowest BCUT2D eigenvalue weighted by atomic mass is 9.85. The quantitative estimate of drug-likeness (QED) is 0.0527. The molecule has 0 radical (unpaired) electrons. The Kier molecular flexibility index (Phi) is 44.6.